The van der Waals surface area contributed by atoms with Crippen molar-refractivity contribution in [3.05, 3.63) is 0 Å². The zero-order chi connectivity index (χ0) is 10.8. The number of hydrogen-bond donors (Lipinski definition) is 0. The average molecular weight is 196 g/mol. The van der Waals surface area contributed by atoms with E-state index < -0.39 is 0 Å². The SMILES string of the molecule is CCCCCC(BC(C)C)CCCC. The van der Waals surface area contributed by atoms with Crippen LogP contribution >= 0.6 is 0 Å². The molecule has 14 heavy (non-hydrogen) atoms. The molecule has 0 aromatic carbocycles. The van der Waals surface area contributed by atoms with E-state index in [0.29, 0.717) is 0 Å². The maximum Gasteiger partial charge on any atom is 0.126 e. The monoisotopic (exact) mass is 196 g/mol. The average Bonchev–Trinajstić information content (AvgIpc) is 2.13. The second kappa shape index (κ2) is 9.61. The van der Waals surface area contributed by atoms with Crippen molar-refractivity contribution in [2.24, 2.45) is 0 Å². The van der Waals surface area contributed by atoms with Gasteiger partial charge in [0.05, 0.1) is 0 Å². The van der Waals surface area contributed by atoms with Gasteiger partial charge in [-0.3, -0.25) is 0 Å². The summed E-state index contributed by atoms with van der Waals surface area (Å²) in [4.78, 5) is 0. The topological polar surface area (TPSA) is 0 Å². The molecule has 1 unspecified atom stereocenters. The van der Waals surface area contributed by atoms with Crippen LogP contribution in [0, 0.1) is 0 Å². The van der Waals surface area contributed by atoms with Gasteiger partial charge < -0.3 is 0 Å². The van der Waals surface area contributed by atoms with Crippen molar-refractivity contribution in [3.63, 3.8) is 0 Å². The van der Waals surface area contributed by atoms with Crippen LogP contribution in [0.4, 0.5) is 0 Å². The summed E-state index contributed by atoms with van der Waals surface area (Å²) in [6.45, 7) is 9.32. The van der Waals surface area contributed by atoms with Crippen molar-refractivity contribution in [1.29, 1.82) is 0 Å². The van der Waals surface area contributed by atoms with Gasteiger partial charge in [0.1, 0.15) is 7.28 Å². The Hall–Kier alpha value is 0.0649. The molecule has 0 rings (SSSR count). The first-order chi connectivity index (χ1) is 6.70. The lowest BCUT2D eigenvalue weighted by Crippen LogP contribution is -2.07. The fourth-order valence-corrected chi connectivity index (χ4v) is 2.22. The van der Waals surface area contributed by atoms with Crippen LogP contribution in [0.3, 0.4) is 0 Å². The molecule has 0 radical (unpaired) electrons. The Bertz CT molecular complexity index is 110. The summed E-state index contributed by atoms with van der Waals surface area (Å²) in [6.07, 6.45) is 10.00. The maximum absolute atomic E-state index is 2.36. The minimum atomic E-state index is 0.887. The summed E-state index contributed by atoms with van der Waals surface area (Å²) in [5, 5.41) is 0. The van der Waals surface area contributed by atoms with Crippen LogP contribution in [0.5, 0.6) is 0 Å². The highest BCUT2D eigenvalue weighted by atomic mass is 14.0. The molecule has 1 heteroatoms. The van der Waals surface area contributed by atoms with Crippen LogP contribution < -0.4 is 0 Å². The molecule has 1 atom stereocenters. The minimum absolute atomic E-state index is 0.887. The predicted octanol–water partition coefficient (Wildman–Crippen LogP) is 4.81. The van der Waals surface area contributed by atoms with Gasteiger partial charge >= 0.3 is 0 Å². The van der Waals surface area contributed by atoms with Gasteiger partial charge in [-0.1, -0.05) is 84.3 Å². The van der Waals surface area contributed by atoms with Crippen LogP contribution in [-0.4, -0.2) is 7.28 Å². The summed E-state index contributed by atoms with van der Waals surface area (Å²) in [5.41, 5.74) is 0. The lowest BCUT2D eigenvalue weighted by Gasteiger charge is -2.17. The van der Waals surface area contributed by atoms with Crippen molar-refractivity contribution >= 4 is 7.28 Å². The van der Waals surface area contributed by atoms with E-state index in [0.717, 1.165) is 11.6 Å². The Kier molecular flexibility index (Phi) is 9.66. The smallest absolute Gasteiger partial charge is 0.0710 e. The Balaban J connectivity index is 3.61. The highest BCUT2D eigenvalue weighted by molar-refractivity contribution is 6.39. The van der Waals surface area contributed by atoms with Crippen molar-refractivity contribution in [2.45, 2.75) is 84.3 Å². The first-order valence-corrected chi connectivity index (χ1v) is 6.70. The van der Waals surface area contributed by atoms with E-state index >= 15 is 0 Å². The van der Waals surface area contributed by atoms with Crippen molar-refractivity contribution < 1.29 is 0 Å². The molecule has 0 nitrogen and oxygen atoms in total. The van der Waals surface area contributed by atoms with E-state index in [1.807, 2.05) is 0 Å². The number of unbranched alkanes of at least 4 members (excludes halogenated alkanes) is 3. The molecule has 0 bridgehead atoms. The molecule has 0 aromatic heterocycles. The van der Waals surface area contributed by atoms with Gasteiger partial charge in [0.15, 0.2) is 0 Å². The third kappa shape index (κ3) is 8.65. The summed E-state index contributed by atoms with van der Waals surface area (Å²) >= 11 is 0. The molecule has 0 aromatic rings. The van der Waals surface area contributed by atoms with Crippen LogP contribution in [0.1, 0.15) is 72.6 Å². The maximum atomic E-state index is 2.36. The molecular weight excluding hydrogens is 167 g/mol. The zero-order valence-corrected chi connectivity index (χ0v) is 10.8. The third-order valence-electron chi connectivity index (χ3n) is 2.99. The molecule has 0 heterocycles. The molecule has 0 spiro atoms. The van der Waals surface area contributed by atoms with E-state index in [2.05, 4.69) is 27.7 Å². The van der Waals surface area contributed by atoms with E-state index in [-0.39, 0.29) is 0 Å². The molecule has 84 valence electrons. The Morgan fingerprint density at radius 3 is 1.93 bits per heavy atom. The van der Waals surface area contributed by atoms with Gasteiger partial charge in [0, 0.05) is 0 Å². The highest BCUT2D eigenvalue weighted by Gasteiger charge is 2.11. The molecule has 0 saturated heterocycles. The van der Waals surface area contributed by atoms with Gasteiger partial charge in [-0.05, 0) is 0 Å². The molecule has 0 aliphatic carbocycles. The molecule has 0 aliphatic heterocycles. The van der Waals surface area contributed by atoms with Gasteiger partial charge in [0.2, 0.25) is 0 Å². The van der Waals surface area contributed by atoms with E-state index in [1.54, 1.807) is 0 Å². The fraction of sp³-hybridized carbons (Fsp3) is 1.00. The molecule has 0 aliphatic rings. The van der Waals surface area contributed by atoms with Crippen molar-refractivity contribution in [2.75, 3.05) is 0 Å². The molecular formula is C13H29B. The third-order valence-corrected chi connectivity index (χ3v) is 2.99. The van der Waals surface area contributed by atoms with Gasteiger partial charge in [0.25, 0.3) is 0 Å². The minimum Gasteiger partial charge on any atom is -0.0710 e. The largest absolute Gasteiger partial charge is 0.126 e. The van der Waals surface area contributed by atoms with E-state index in [4.69, 9.17) is 0 Å². The Morgan fingerprint density at radius 1 is 0.857 bits per heavy atom. The summed E-state index contributed by atoms with van der Waals surface area (Å²) in [6, 6.07) is 0. The van der Waals surface area contributed by atoms with Crippen molar-refractivity contribution in [1.82, 2.24) is 0 Å². The van der Waals surface area contributed by atoms with Gasteiger partial charge in [-0.25, -0.2) is 0 Å². The molecule has 0 amide bonds. The second-order valence-corrected chi connectivity index (χ2v) is 5.13. The first-order valence-electron chi connectivity index (χ1n) is 6.70. The highest BCUT2D eigenvalue weighted by Crippen LogP contribution is 2.25. The normalized spacial score (nSPS) is 13.2. The van der Waals surface area contributed by atoms with Crippen LogP contribution in [0.2, 0.25) is 11.6 Å². The summed E-state index contributed by atoms with van der Waals surface area (Å²) in [5.74, 6) is 1.90. The van der Waals surface area contributed by atoms with E-state index in [1.165, 1.54) is 52.2 Å². The van der Waals surface area contributed by atoms with Crippen LogP contribution in [-0.2, 0) is 0 Å². The van der Waals surface area contributed by atoms with Gasteiger partial charge in [-0.2, -0.15) is 0 Å². The quantitative estimate of drug-likeness (QED) is 0.366. The summed E-state index contributed by atoms with van der Waals surface area (Å²) in [7, 11) is 1.45. The van der Waals surface area contributed by atoms with E-state index in [9.17, 15) is 0 Å². The Morgan fingerprint density at radius 2 is 1.43 bits per heavy atom. The summed E-state index contributed by atoms with van der Waals surface area (Å²) < 4.78 is 0. The fourth-order valence-electron chi connectivity index (χ4n) is 2.22. The standard InChI is InChI=1S/C13H29B/c1-5-7-9-11-13(10-8-6-2)14-12(3)4/h12-14H,5-11H2,1-4H3. The molecule has 0 N–H and O–H groups in total. The first kappa shape index (κ1) is 14.1. The zero-order valence-electron chi connectivity index (χ0n) is 10.8. The predicted molar refractivity (Wildman–Crippen MR) is 69.7 cm³/mol. The second-order valence-electron chi connectivity index (χ2n) is 5.13. The van der Waals surface area contributed by atoms with Crippen LogP contribution in [0.25, 0.3) is 0 Å². The van der Waals surface area contributed by atoms with Crippen LogP contribution in [0.15, 0.2) is 0 Å². The van der Waals surface area contributed by atoms with Crippen molar-refractivity contribution in [3.8, 4) is 0 Å². The van der Waals surface area contributed by atoms with Gasteiger partial charge in [-0.15, -0.1) is 0 Å². The molecule has 0 fully saturated rings. The molecule has 0 saturated carbocycles. The lowest BCUT2D eigenvalue weighted by molar-refractivity contribution is 0.577. The lowest BCUT2D eigenvalue weighted by atomic mass is 9.53. The number of rotatable bonds is 9. The number of hydrogen-bond acceptors (Lipinski definition) is 0. The Labute approximate surface area is 92.1 Å².